The predicted molar refractivity (Wildman–Crippen MR) is 46.5 cm³/mol. The fourth-order valence-electron chi connectivity index (χ4n) is 0.371. The van der Waals surface area contributed by atoms with Crippen LogP contribution in [-0.2, 0) is 9.53 Å². The van der Waals surface area contributed by atoms with Gasteiger partial charge < -0.3 is 10.5 Å². The van der Waals surface area contributed by atoms with Crippen molar-refractivity contribution in [3.05, 3.63) is 0 Å². The monoisotopic (exact) mass is 161 g/mol. The Labute approximate surface area is 68.9 Å². The van der Waals surface area contributed by atoms with Gasteiger partial charge in [0.05, 0.1) is 6.61 Å². The zero-order chi connectivity index (χ0) is 9.11. The summed E-state index contributed by atoms with van der Waals surface area (Å²) in [7, 11) is 0. The molecule has 0 fully saturated rings. The standard InChI is InChI=1S/C6H13NO2.C2H6/c1-2-6(8)5-9-4-3-7;1-2/h2-5,7H2,1H3;1-2H3. The van der Waals surface area contributed by atoms with Gasteiger partial charge in [-0.15, -0.1) is 0 Å². The lowest BCUT2D eigenvalue weighted by atomic mass is 10.3. The Morgan fingerprint density at radius 2 is 2.00 bits per heavy atom. The number of Topliss-reactive ketones (excluding diaryl/α,β-unsaturated/α-hetero) is 1. The number of ketones is 1. The molecule has 0 radical (unpaired) electrons. The van der Waals surface area contributed by atoms with Crippen LogP contribution < -0.4 is 5.73 Å². The molecule has 0 aliphatic carbocycles. The van der Waals surface area contributed by atoms with E-state index in [-0.39, 0.29) is 12.4 Å². The van der Waals surface area contributed by atoms with Crippen LogP contribution in [0, 0.1) is 0 Å². The molecule has 3 heteroatoms. The van der Waals surface area contributed by atoms with E-state index in [4.69, 9.17) is 10.5 Å². The fourth-order valence-corrected chi connectivity index (χ4v) is 0.371. The summed E-state index contributed by atoms with van der Waals surface area (Å²) in [5.41, 5.74) is 5.12. The first kappa shape index (κ1) is 13.2. The Kier molecular flexibility index (Phi) is 14.7. The van der Waals surface area contributed by atoms with Crippen molar-refractivity contribution in [3.63, 3.8) is 0 Å². The third-order valence-corrected chi connectivity index (χ3v) is 0.920. The topological polar surface area (TPSA) is 52.3 Å². The van der Waals surface area contributed by atoms with Gasteiger partial charge in [-0.2, -0.15) is 0 Å². The number of ether oxygens (including phenoxy) is 1. The first-order chi connectivity index (χ1) is 5.31. The second-order valence-electron chi connectivity index (χ2n) is 1.73. The van der Waals surface area contributed by atoms with Crippen LogP contribution in [0.1, 0.15) is 27.2 Å². The van der Waals surface area contributed by atoms with Crippen molar-refractivity contribution in [1.29, 1.82) is 0 Å². The quantitative estimate of drug-likeness (QED) is 0.611. The summed E-state index contributed by atoms with van der Waals surface area (Å²) < 4.78 is 4.86. The molecule has 0 aliphatic rings. The normalized spacial score (nSPS) is 8.36. The van der Waals surface area contributed by atoms with Gasteiger partial charge in [0.1, 0.15) is 6.61 Å². The number of rotatable bonds is 5. The molecule has 0 saturated heterocycles. The summed E-state index contributed by atoms with van der Waals surface area (Å²) in [4.78, 5) is 10.5. The smallest absolute Gasteiger partial charge is 0.158 e. The predicted octanol–water partition coefficient (Wildman–Crippen LogP) is 0.967. The van der Waals surface area contributed by atoms with E-state index < -0.39 is 0 Å². The van der Waals surface area contributed by atoms with Crippen LogP contribution in [0.2, 0.25) is 0 Å². The molecule has 0 spiro atoms. The van der Waals surface area contributed by atoms with E-state index >= 15 is 0 Å². The Balaban J connectivity index is 0. The van der Waals surface area contributed by atoms with Crippen molar-refractivity contribution in [2.75, 3.05) is 19.8 Å². The minimum atomic E-state index is 0.128. The molecule has 0 aromatic carbocycles. The van der Waals surface area contributed by atoms with Crippen LogP contribution in [0.5, 0.6) is 0 Å². The van der Waals surface area contributed by atoms with E-state index in [1.807, 2.05) is 20.8 Å². The molecule has 0 saturated carbocycles. The lowest BCUT2D eigenvalue weighted by Gasteiger charge is -1.97. The highest BCUT2D eigenvalue weighted by atomic mass is 16.5. The average Bonchev–Trinajstić information content (AvgIpc) is 2.08. The van der Waals surface area contributed by atoms with Gasteiger partial charge in [-0.05, 0) is 0 Å². The van der Waals surface area contributed by atoms with E-state index in [2.05, 4.69) is 0 Å². The fraction of sp³-hybridized carbons (Fsp3) is 0.875. The zero-order valence-corrected chi connectivity index (χ0v) is 7.72. The maximum Gasteiger partial charge on any atom is 0.158 e. The minimum Gasteiger partial charge on any atom is -0.372 e. The highest BCUT2D eigenvalue weighted by Gasteiger charge is 1.94. The van der Waals surface area contributed by atoms with Gasteiger partial charge in [-0.25, -0.2) is 0 Å². The lowest BCUT2D eigenvalue weighted by molar-refractivity contribution is -0.123. The third-order valence-electron chi connectivity index (χ3n) is 0.920. The van der Waals surface area contributed by atoms with Crippen LogP contribution in [0.4, 0.5) is 0 Å². The van der Waals surface area contributed by atoms with E-state index in [0.717, 1.165) is 0 Å². The van der Waals surface area contributed by atoms with Crippen molar-refractivity contribution in [2.45, 2.75) is 27.2 Å². The summed E-state index contributed by atoms with van der Waals surface area (Å²) in [5, 5.41) is 0. The zero-order valence-electron chi connectivity index (χ0n) is 7.72. The largest absolute Gasteiger partial charge is 0.372 e. The van der Waals surface area contributed by atoms with Gasteiger partial charge in [0.2, 0.25) is 0 Å². The third kappa shape index (κ3) is 12.7. The number of nitrogens with two attached hydrogens (primary N) is 1. The summed E-state index contributed by atoms with van der Waals surface area (Å²) in [5.74, 6) is 0.128. The van der Waals surface area contributed by atoms with Crippen molar-refractivity contribution in [2.24, 2.45) is 5.73 Å². The molecule has 0 unspecified atom stereocenters. The minimum absolute atomic E-state index is 0.128. The second-order valence-corrected chi connectivity index (χ2v) is 1.73. The highest BCUT2D eigenvalue weighted by molar-refractivity contribution is 5.79. The summed E-state index contributed by atoms with van der Waals surface area (Å²) in [6, 6.07) is 0. The first-order valence-electron chi connectivity index (χ1n) is 4.10. The molecule has 68 valence electrons. The van der Waals surface area contributed by atoms with Crippen molar-refractivity contribution in [3.8, 4) is 0 Å². The van der Waals surface area contributed by atoms with Crippen molar-refractivity contribution in [1.82, 2.24) is 0 Å². The van der Waals surface area contributed by atoms with Gasteiger partial charge in [0.15, 0.2) is 5.78 Å². The average molecular weight is 161 g/mol. The molecule has 2 N–H and O–H groups in total. The Hall–Kier alpha value is -0.410. The highest BCUT2D eigenvalue weighted by Crippen LogP contribution is 1.81. The molecule has 0 rings (SSSR count). The molecule has 0 amide bonds. The SMILES string of the molecule is CC.CCC(=O)COCCN. The van der Waals surface area contributed by atoms with Gasteiger partial charge in [0.25, 0.3) is 0 Å². The number of hydrogen-bond donors (Lipinski definition) is 1. The van der Waals surface area contributed by atoms with Crippen LogP contribution in [0.15, 0.2) is 0 Å². The molecule has 0 aliphatic heterocycles. The van der Waals surface area contributed by atoms with Crippen LogP contribution in [0.3, 0.4) is 0 Å². The Morgan fingerprint density at radius 3 is 2.36 bits per heavy atom. The Morgan fingerprint density at radius 1 is 1.45 bits per heavy atom. The van der Waals surface area contributed by atoms with Crippen molar-refractivity contribution < 1.29 is 9.53 Å². The second kappa shape index (κ2) is 12.3. The molecule has 3 nitrogen and oxygen atoms in total. The van der Waals surface area contributed by atoms with Gasteiger partial charge in [-0.1, -0.05) is 20.8 Å². The Bertz CT molecular complexity index is 84.2. The number of carbonyl (C=O) groups is 1. The molecule has 11 heavy (non-hydrogen) atoms. The van der Waals surface area contributed by atoms with E-state index in [1.54, 1.807) is 0 Å². The lowest BCUT2D eigenvalue weighted by Crippen LogP contribution is -2.13. The van der Waals surface area contributed by atoms with Crippen LogP contribution in [0.25, 0.3) is 0 Å². The molecular weight excluding hydrogens is 142 g/mol. The summed E-state index contributed by atoms with van der Waals surface area (Å²) >= 11 is 0. The summed E-state index contributed by atoms with van der Waals surface area (Å²) in [6.45, 7) is 6.99. The van der Waals surface area contributed by atoms with Crippen LogP contribution in [-0.4, -0.2) is 25.5 Å². The number of carbonyl (C=O) groups excluding carboxylic acids is 1. The number of hydrogen-bond acceptors (Lipinski definition) is 3. The first-order valence-corrected chi connectivity index (χ1v) is 4.10. The van der Waals surface area contributed by atoms with E-state index in [1.165, 1.54) is 0 Å². The van der Waals surface area contributed by atoms with Gasteiger partial charge in [0, 0.05) is 13.0 Å². The van der Waals surface area contributed by atoms with Gasteiger partial charge >= 0.3 is 0 Å². The molecule has 0 bridgehead atoms. The van der Waals surface area contributed by atoms with Gasteiger partial charge in [-0.3, -0.25) is 4.79 Å². The molecule has 0 aromatic heterocycles. The summed E-state index contributed by atoms with van der Waals surface area (Å²) in [6.07, 6.45) is 0.546. The molecule has 0 heterocycles. The van der Waals surface area contributed by atoms with Crippen LogP contribution >= 0.6 is 0 Å². The maximum absolute atomic E-state index is 10.5. The maximum atomic E-state index is 10.5. The molecule has 0 atom stereocenters. The molecular formula is C8H19NO2. The molecule has 0 aromatic rings. The van der Waals surface area contributed by atoms with E-state index in [0.29, 0.717) is 19.6 Å². The van der Waals surface area contributed by atoms with Crippen molar-refractivity contribution >= 4 is 5.78 Å². The van der Waals surface area contributed by atoms with E-state index in [9.17, 15) is 4.79 Å².